The molecule has 5 rings (SSSR count). The Morgan fingerprint density at radius 3 is 1.90 bits per heavy atom. The van der Waals surface area contributed by atoms with Gasteiger partial charge in [-0.3, -0.25) is 0 Å². The maximum absolute atomic E-state index is 13.7. The van der Waals surface area contributed by atoms with E-state index in [-0.39, 0.29) is 53.5 Å². The summed E-state index contributed by atoms with van der Waals surface area (Å²) in [4.78, 5) is 29.3. The van der Waals surface area contributed by atoms with Crippen molar-refractivity contribution in [2.45, 2.75) is 58.0 Å². The molecule has 2 aliphatic rings. The SMILES string of the molecule is CCOC(=O)C1=C(C)NC(C)=C(C(=O)OCCCN2CCC(c3ccccc3)(c3ccccc3)CC2)C1c1ccccc1OC(F)F.Cl. The van der Waals surface area contributed by atoms with Gasteiger partial charge in [0.25, 0.3) is 0 Å². The van der Waals surface area contributed by atoms with Gasteiger partial charge in [0.05, 0.1) is 30.3 Å². The van der Waals surface area contributed by atoms with Gasteiger partial charge in [0.15, 0.2) is 0 Å². The first-order valence-electron chi connectivity index (χ1n) is 16.1. The lowest BCUT2D eigenvalue weighted by Gasteiger charge is -2.43. The van der Waals surface area contributed by atoms with Gasteiger partial charge in [-0.05, 0) is 70.3 Å². The molecule has 2 aliphatic heterocycles. The number of dihydropyridines is 1. The second kappa shape index (κ2) is 16.8. The number of carbonyl (C=O) groups excluding carboxylic acids is 2. The number of hydrogen-bond donors (Lipinski definition) is 1. The summed E-state index contributed by atoms with van der Waals surface area (Å²) in [7, 11) is 0. The average molecular weight is 681 g/mol. The smallest absolute Gasteiger partial charge is 0.387 e. The van der Waals surface area contributed by atoms with Crippen molar-refractivity contribution in [3.8, 4) is 5.75 Å². The van der Waals surface area contributed by atoms with E-state index in [0.29, 0.717) is 17.8 Å². The van der Waals surface area contributed by atoms with Crippen LogP contribution in [0.15, 0.2) is 107 Å². The normalized spacial score (nSPS) is 17.8. The van der Waals surface area contributed by atoms with E-state index in [1.165, 1.54) is 17.2 Å². The van der Waals surface area contributed by atoms with Crippen LogP contribution < -0.4 is 10.1 Å². The van der Waals surface area contributed by atoms with E-state index >= 15 is 0 Å². The van der Waals surface area contributed by atoms with E-state index in [0.717, 1.165) is 32.5 Å². The number of likely N-dealkylation sites (tertiary alicyclic amines) is 1. The lowest BCUT2D eigenvalue weighted by molar-refractivity contribution is -0.140. The van der Waals surface area contributed by atoms with Crippen molar-refractivity contribution in [3.63, 3.8) is 0 Å². The highest BCUT2D eigenvalue weighted by atomic mass is 35.5. The third-order valence-electron chi connectivity index (χ3n) is 9.14. The zero-order chi connectivity index (χ0) is 33.4. The molecular weight excluding hydrogens is 638 g/mol. The predicted molar refractivity (Wildman–Crippen MR) is 183 cm³/mol. The van der Waals surface area contributed by atoms with Crippen LogP contribution in [-0.4, -0.2) is 56.3 Å². The molecule has 3 aromatic carbocycles. The average Bonchev–Trinajstić information content (AvgIpc) is 3.07. The molecule has 10 heteroatoms. The second-order valence-corrected chi connectivity index (χ2v) is 11.9. The number of nitrogens with zero attached hydrogens (tertiary/aromatic N) is 1. The quantitative estimate of drug-likeness (QED) is 0.157. The summed E-state index contributed by atoms with van der Waals surface area (Å²) in [6.07, 6.45) is 2.57. The number of alkyl halides is 2. The minimum Gasteiger partial charge on any atom is -0.463 e. The van der Waals surface area contributed by atoms with Crippen LogP contribution in [0.1, 0.15) is 62.6 Å². The summed E-state index contributed by atoms with van der Waals surface area (Å²) in [6.45, 7) is 4.80. The molecule has 3 aromatic rings. The minimum atomic E-state index is -3.09. The van der Waals surface area contributed by atoms with Crippen molar-refractivity contribution < 1.29 is 32.6 Å². The van der Waals surface area contributed by atoms with Gasteiger partial charge in [-0.2, -0.15) is 8.78 Å². The van der Waals surface area contributed by atoms with Gasteiger partial charge in [-0.25, -0.2) is 9.59 Å². The van der Waals surface area contributed by atoms with E-state index < -0.39 is 24.5 Å². The Morgan fingerprint density at radius 2 is 1.35 bits per heavy atom. The first kappa shape index (κ1) is 36.6. The molecule has 1 fully saturated rings. The van der Waals surface area contributed by atoms with Gasteiger partial charge in [-0.15, -0.1) is 12.4 Å². The summed E-state index contributed by atoms with van der Waals surface area (Å²) in [6, 6.07) is 27.5. The standard InChI is InChI=1S/C38H42F2N2O5.ClH/c1-4-45-35(43)32-26(2)41-27(3)33(34(32)30-18-11-12-19-31(30)47-37(39)40)36(44)46-25-13-22-42-23-20-38(21-24-42,28-14-7-5-8-15-28)29-16-9-6-10-17-29;/h5-12,14-19,34,37,41H,4,13,20-25H2,1-3H3;1H. The number of ether oxygens (including phenoxy) is 3. The summed E-state index contributed by atoms with van der Waals surface area (Å²) in [5.41, 5.74) is 4.06. The van der Waals surface area contributed by atoms with E-state index in [9.17, 15) is 18.4 Å². The fourth-order valence-corrected chi connectivity index (χ4v) is 6.92. The Labute approximate surface area is 287 Å². The van der Waals surface area contributed by atoms with Crippen molar-refractivity contribution in [1.82, 2.24) is 10.2 Å². The molecule has 0 amide bonds. The number of benzene rings is 3. The number of allylic oxidation sites excluding steroid dienone is 2. The molecule has 48 heavy (non-hydrogen) atoms. The highest BCUT2D eigenvalue weighted by Crippen LogP contribution is 2.44. The molecule has 2 heterocycles. The van der Waals surface area contributed by atoms with E-state index in [1.807, 2.05) is 12.1 Å². The number of esters is 2. The molecular formula is C38H43ClF2N2O5. The van der Waals surface area contributed by atoms with Gasteiger partial charge in [-0.1, -0.05) is 78.9 Å². The van der Waals surface area contributed by atoms with Crippen LogP contribution in [0.3, 0.4) is 0 Å². The van der Waals surface area contributed by atoms with Gasteiger partial charge in [0.2, 0.25) is 0 Å². The second-order valence-electron chi connectivity index (χ2n) is 11.9. The van der Waals surface area contributed by atoms with Crippen LogP contribution in [-0.2, 0) is 24.5 Å². The van der Waals surface area contributed by atoms with Gasteiger partial charge >= 0.3 is 18.6 Å². The molecule has 0 aromatic heterocycles. The third-order valence-corrected chi connectivity index (χ3v) is 9.14. The van der Waals surface area contributed by atoms with Crippen LogP contribution >= 0.6 is 12.4 Å². The van der Waals surface area contributed by atoms with Gasteiger partial charge in [0, 0.05) is 28.9 Å². The number of rotatable bonds is 12. The highest BCUT2D eigenvalue weighted by molar-refractivity contribution is 6.00. The van der Waals surface area contributed by atoms with Crippen LogP contribution in [0, 0.1) is 0 Å². The Bertz CT molecular complexity index is 1560. The van der Waals surface area contributed by atoms with Crippen LogP contribution in [0.4, 0.5) is 8.78 Å². The lowest BCUT2D eigenvalue weighted by atomic mass is 9.68. The van der Waals surface area contributed by atoms with Crippen molar-refractivity contribution in [3.05, 3.63) is 124 Å². The molecule has 1 saturated heterocycles. The largest absolute Gasteiger partial charge is 0.463 e. The molecule has 0 spiro atoms. The van der Waals surface area contributed by atoms with Crippen molar-refractivity contribution in [1.29, 1.82) is 0 Å². The fraction of sp³-hybridized carbons (Fsp3) is 0.368. The molecule has 0 aliphatic carbocycles. The minimum absolute atomic E-state index is 0. The van der Waals surface area contributed by atoms with Crippen LogP contribution in [0.5, 0.6) is 5.75 Å². The van der Waals surface area contributed by atoms with Crippen LogP contribution in [0.2, 0.25) is 0 Å². The molecule has 0 radical (unpaired) electrons. The summed E-state index contributed by atoms with van der Waals surface area (Å²) in [5.74, 6) is -2.44. The number of carbonyl (C=O) groups is 2. The molecule has 1 unspecified atom stereocenters. The number of halogens is 3. The number of hydrogen-bond acceptors (Lipinski definition) is 7. The zero-order valence-corrected chi connectivity index (χ0v) is 28.4. The van der Waals surface area contributed by atoms with Crippen molar-refractivity contribution >= 4 is 24.3 Å². The third kappa shape index (κ3) is 8.08. The van der Waals surface area contributed by atoms with E-state index in [4.69, 9.17) is 14.2 Å². The topological polar surface area (TPSA) is 77.1 Å². The fourth-order valence-electron chi connectivity index (χ4n) is 6.92. The summed E-state index contributed by atoms with van der Waals surface area (Å²) >= 11 is 0. The first-order valence-corrected chi connectivity index (χ1v) is 16.1. The maximum atomic E-state index is 13.7. The first-order chi connectivity index (χ1) is 22.7. The monoisotopic (exact) mass is 680 g/mol. The Morgan fingerprint density at radius 1 is 0.833 bits per heavy atom. The molecule has 0 saturated carbocycles. The molecule has 1 N–H and O–H groups in total. The van der Waals surface area contributed by atoms with Crippen molar-refractivity contribution in [2.24, 2.45) is 0 Å². The number of nitrogens with one attached hydrogen (secondary N) is 1. The van der Waals surface area contributed by atoms with Crippen LogP contribution in [0.25, 0.3) is 0 Å². The zero-order valence-electron chi connectivity index (χ0n) is 27.5. The van der Waals surface area contributed by atoms with E-state index in [2.05, 4.69) is 58.7 Å². The molecule has 0 bridgehead atoms. The molecule has 1 atom stereocenters. The Balaban J connectivity index is 0.00000520. The summed E-state index contributed by atoms with van der Waals surface area (Å²) in [5, 5.41) is 3.10. The number of para-hydroxylation sites is 1. The molecule has 256 valence electrons. The van der Waals surface area contributed by atoms with Gasteiger partial charge < -0.3 is 24.4 Å². The lowest BCUT2D eigenvalue weighted by Crippen LogP contribution is -2.43. The predicted octanol–water partition coefficient (Wildman–Crippen LogP) is 7.52. The Kier molecular flexibility index (Phi) is 12.8. The van der Waals surface area contributed by atoms with E-state index in [1.54, 1.807) is 39.0 Å². The van der Waals surface area contributed by atoms with Crippen molar-refractivity contribution in [2.75, 3.05) is 32.8 Å². The summed E-state index contributed by atoms with van der Waals surface area (Å²) < 4.78 is 42.7. The highest BCUT2D eigenvalue weighted by Gasteiger charge is 2.40. The van der Waals surface area contributed by atoms with Gasteiger partial charge in [0.1, 0.15) is 5.75 Å². The molecule has 7 nitrogen and oxygen atoms in total. The maximum Gasteiger partial charge on any atom is 0.387 e. The Hall–Kier alpha value is -4.21. The number of piperidine rings is 1.